The SMILES string of the molecule is CN=C(NCc1ccc(F)cc1)NC(C)CCC(C)C.I. The van der Waals surface area contributed by atoms with Crippen LogP contribution in [-0.4, -0.2) is 19.0 Å². The van der Waals surface area contributed by atoms with E-state index in [-0.39, 0.29) is 29.8 Å². The minimum absolute atomic E-state index is 0. The molecule has 0 fully saturated rings. The van der Waals surface area contributed by atoms with Gasteiger partial charge in [-0.3, -0.25) is 4.99 Å². The third-order valence-corrected chi connectivity index (χ3v) is 3.16. The zero-order valence-electron chi connectivity index (χ0n) is 13.3. The highest BCUT2D eigenvalue weighted by molar-refractivity contribution is 14.0. The topological polar surface area (TPSA) is 36.4 Å². The number of hydrogen-bond donors (Lipinski definition) is 2. The molecule has 0 amide bonds. The Morgan fingerprint density at radius 3 is 2.29 bits per heavy atom. The van der Waals surface area contributed by atoms with Crippen LogP contribution in [0.15, 0.2) is 29.3 Å². The highest BCUT2D eigenvalue weighted by atomic mass is 127. The second-order valence-electron chi connectivity index (χ2n) is 5.57. The smallest absolute Gasteiger partial charge is 0.191 e. The fourth-order valence-electron chi connectivity index (χ4n) is 1.87. The summed E-state index contributed by atoms with van der Waals surface area (Å²) >= 11 is 0. The molecule has 0 aliphatic carbocycles. The predicted molar refractivity (Wildman–Crippen MR) is 98.7 cm³/mol. The van der Waals surface area contributed by atoms with Crippen LogP contribution in [0.25, 0.3) is 0 Å². The van der Waals surface area contributed by atoms with Crippen LogP contribution in [0.4, 0.5) is 4.39 Å². The van der Waals surface area contributed by atoms with Crippen LogP contribution in [0, 0.1) is 11.7 Å². The van der Waals surface area contributed by atoms with Crippen LogP contribution in [0.2, 0.25) is 0 Å². The first-order valence-electron chi connectivity index (χ1n) is 7.23. The molecule has 1 rings (SSSR count). The summed E-state index contributed by atoms with van der Waals surface area (Å²) in [6, 6.07) is 6.88. The first kappa shape index (κ1) is 20.1. The fraction of sp³-hybridized carbons (Fsp3) is 0.562. The Hall–Kier alpha value is -0.850. The van der Waals surface area contributed by atoms with E-state index in [1.807, 2.05) is 0 Å². The Labute approximate surface area is 144 Å². The molecule has 0 saturated heterocycles. The zero-order chi connectivity index (χ0) is 15.0. The summed E-state index contributed by atoms with van der Waals surface area (Å²) < 4.78 is 12.8. The van der Waals surface area contributed by atoms with Crippen molar-refractivity contribution in [2.45, 2.75) is 46.2 Å². The minimum atomic E-state index is -0.210. The summed E-state index contributed by atoms with van der Waals surface area (Å²) in [5.74, 6) is 1.29. The van der Waals surface area contributed by atoms with Crippen molar-refractivity contribution in [2.75, 3.05) is 7.05 Å². The van der Waals surface area contributed by atoms with E-state index in [1.54, 1.807) is 19.2 Å². The molecule has 21 heavy (non-hydrogen) atoms. The maximum absolute atomic E-state index is 12.8. The minimum Gasteiger partial charge on any atom is -0.354 e. The lowest BCUT2D eigenvalue weighted by Crippen LogP contribution is -2.41. The van der Waals surface area contributed by atoms with Gasteiger partial charge in [0.25, 0.3) is 0 Å². The van der Waals surface area contributed by atoms with Crippen LogP contribution in [0.3, 0.4) is 0 Å². The highest BCUT2D eigenvalue weighted by Gasteiger charge is 2.06. The zero-order valence-corrected chi connectivity index (χ0v) is 15.6. The fourth-order valence-corrected chi connectivity index (χ4v) is 1.87. The predicted octanol–water partition coefficient (Wildman–Crippen LogP) is 3.93. The van der Waals surface area contributed by atoms with E-state index in [4.69, 9.17) is 0 Å². The molecule has 0 heterocycles. The van der Waals surface area contributed by atoms with E-state index in [0.717, 1.165) is 17.9 Å². The van der Waals surface area contributed by atoms with E-state index in [0.29, 0.717) is 18.5 Å². The summed E-state index contributed by atoms with van der Waals surface area (Å²) in [7, 11) is 1.76. The summed E-state index contributed by atoms with van der Waals surface area (Å²) in [6.45, 7) is 7.26. The molecule has 0 saturated carbocycles. The van der Waals surface area contributed by atoms with Gasteiger partial charge in [-0.05, 0) is 43.4 Å². The third kappa shape index (κ3) is 8.90. The Kier molecular flexibility index (Phi) is 10.4. The lowest BCUT2D eigenvalue weighted by molar-refractivity contribution is 0.489. The second kappa shape index (κ2) is 10.8. The molecule has 1 unspecified atom stereocenters. The monoisotopic (exact) mass is 407 g/mol. The molecule has 0 aliphatic heterocycles. The van der Waals surface area contributed by atoms with Gasteiger partial charge in [-0.25, -0.2) is 4.39 Å². The van der Waals surface area contributed by atoms with Gasteiger partial charge in [-0.2, -0.15) is 0 Å². The molecule has 3 nitrogen and oxygen atoms in total. The first-order valence-corrected chi connectivity index (χ1v) is 7.23. The van der Waals surface area contributed by atoms with Crippen molar-refractivity contribution in [1.29, 1.82) is 0 Å². The lowest BCUT2D eigenvalue weighted by atomic mass is 10.0. The van der Waals surface area contributed by atoms with E-state index in [9.17, 15) is 4.39 Å². The van der Waals surface area contributed by atoms with E-state index < -0.39 is 0 Å². The molecule has 0 spiro atoms. The molecule has 2 N–H and O–H groups in total. The molecular formula is C16H27FIN3. The second-order valence-corrected chi connectivity index (χ2v) is 5.57. The quantitative estimate of drug-likeness (QED) is 0.426. The molecule has 5 heteroatoms. The van der Waals surface area contributed by atoms with Crippen LogP contribution in [0.1, 0.15) is 39.2 Å². The molecule has 1 aromatic rings. The van der Waals surface area contributed by atoms with Gasteiger partial charge in [0, 0.05) is 19.6 Å². The average molecular weight is 407 g/mol. The molecule has 1 atom stereocenters. The number of rotatable bonds is 6. The van der Waals surface area contributed by atoms with Crippen molar-refractivity contribution in [3.63, 3.8) is 0 Å². The molecular weight excluding hydrogens is 380 g/mol. The number of hydrogen-bond acceptors (Lipinski definition) is 1. The van der Waals surface area contributed by atoms with Crippen molar-refractivity contribution in [3.05, 3.63) is 35.6 Å². The number of nitrogens with zero attached hydrogens (tertiary/aromatic N) is 1. The normalized spacial score (nSPS) is 12.8. The number of nitrogens with one attached hydrogen (secondary N) is 2. The largest absolute Gasteiger partial charge is 0.354 e. The van der Waals surface area contributed by atoms with Gasteiger partial charge < -0.3 is 10.6 Å². The Balaban J connectivity index is 0.00000400. The van der Waals surface area contributed by atoms with Gasteiger partial charge in [0.15, 0.2) is 5.96 Å². The molecule has 0 radical (unpaired) electrons. The number of benzene rings is 1. The van der Waals surface area contributed by atoms with Crippen molar-refractivity contribution in [1.82, 2.24) is 10.6 Å². The maximum Gasteiger partial charge on any atom is 0.191 e. The summed E-state index contributed by atoms with van der Waals surface area (Å²) in [5, 5.41) is 6.61. The van der Waals surface area contributed by atoms with E-state index in [1.165, 1.54) is 18.6 Å². The third-order valence-electron chi connectivity index (χ3n) is 3.16. The Morgan fingerprint density at radius 2 is 1.76 bits per heavy atom. The van der Waals surface area contributed by atoms with E-state index >= 15 is 0 Å². The van der Waals surface area contributed by atoms with Crippen LogP contribution < -0.4 is 10.6 Å². The highest BCUT2D eigenvalue weighted by Crippen LogP contribution is 2.06. The van der Waals surface area contributed by atoms with Gasteiger partial charge in [0.05, 0.1) is 0 Å². The number of aliphatic imine (C=N–C) groups is 1. The van der Waals surface area contributed by atoms with Gasteiger partial charge in [-0.15, -0.1) is 24.0 Å². The molecule has 0 aromatic heterocycles. The number of guanidine groups is 1. The van der Waals surface area contributed by atoms with Gasteiger partial charge in [-0.1, -0.05) is 26.0 Å². The Morgan fingerprint density at radius 1 is 1.14 bits per heavy atom. The standard InChI is InChI=1S/C16H26FN3.HI/c1-12(2)5-6-13(3)20-16(18-4)19-11-14-7-9-15(17)10-8-14;/h7-10,12-13H,5-6,11H2,1-4H3,(H2,18,19,20);1H. The van der Waals surface area contributed by atoms with E-state index in [2.05, 4.69) is 36.4 Å². The molecule has 0 aliphatic rings. The van der Waals surface area contributed by atoms with Gasteiger partial charge in [0.2, 0.25) is 0 Å². The van der Waals surface area contributed by atoms with Gasteiger partial charge in [0.1, 0.15) is 5.82 Å². The van der Waals surface area contributed by atoms with Crippen LogP contribution in [0.5, 0.6) is 0 Å². The van der Waals surface area contributed by atoms with Crippen molar-refractivity contribution in [2.24, 2.45) is 10.9 Å². The van der Waals surface area contributed by atoms with Crippen molar-refractivity contribution in [3.8, 4) is 0 Å². The Bertz CT molecular complexity index is 418. The summed E-state index contributed by atoms with van der Waals surface area (Å²) in [6.07, 6.45) is 2.32. The van der Waals surface area contributed by atoms with Crippen molar-refractivity contribution >= 4 is 29.9 Å². The van der Waals surface area contributed by atoms with Crippen LogP contribution >= 0.6 is 24.0 Å². The number of halogens is 2. The summed E-state index contributed by atoms with van der Waals surface area (Å²) in [5.41, 5.74) is 1.03. The summed E-state index contributed by atoms with van der Waals surface area (Å²) in [4.78, 5) is 4.21. The first-order chi connectivity index (χ1) is 9.51. The maximum atomic E-state index is 12.8. The van der Waals surface area contributed by atoms with Crippen LogP contribution in [-0.2, 0) is 6.54 Å². The molecule has 120 valence electrons. The van der Waals surface area contributed by atoms with Crippen molar-refractivity contribution < 1.29 is 4.39 Å². The average Bonchev–Trinajstić information content (AvgIpc) is 2.43. The lowest BCUT2D eigenvalue weighted by Gasteiger charge is -2.18. The van der Waals surface area contributed by atoms with Gasteiger partial charge >= 0.3 is 0 Å². The molecule has 0 bridgehead atoms. The molecule has 1 aromatic carbocycles.